The first-order chi connectivity index (χ1) is 7.83. The molecule has 1 aliphatic carbocycles. The van der Waals surface area contributed by atoms with Gasteiger partial charge in [-0.2, -0.15) is 0 Å². The molecule has 0 aromatic carbocycles. The monoisotopic (exact) mass is 226 g/mol. The zero-order chi connectivity index (χ0) is 11.8. The van der Waals surface area contributed by atoms with Crippen LogP contribution in [0.1, 0.15) is 59.3 Å². The second-order valence-electron chi connectivity index (χ2n) is 5.12. The Morgan fingerprint density at radius 1 is 1.12 bits per heavy atom. The highest BCUT2D eigenvalue weighted by atomic mass is 15.2. The molecular formula is C14H30N2. The van der Waals surface area contributed by atoms with E-state index in [-0.39, 0.29) is 0 Å². The highest BCUT2D eigenvalue weighted by Crippen LogP contribution is 2.29. The maximum atomic E-state index is 3.60. The summed E-state index contributed by atoms with van der Waals surface area (Å²) in [6.45, 7) is 10.5. The molecule has 96 valence electrons. The van der Waals surface area contributed by atoms with E-state index in [1.807, 2.05) is 0 Å². The molecule has 2 nitrogen and oxygen atoms in total. The maximum Gasteiger partial charge on any atom is 0.0223 e. The van der Waals surface area contributed by atoms with Crippen molar-refractivity contribution >= 4 is 0 Å². The van der Waals surface area contributed by atoms with E-state index in [1.165, 1.54) is 58.2 Å². The lowest BCUT2D eigenvalue weighted by atomic mass is 10.1. The molecule has 0 spiro atoms. The molecule has 1 rings (SSSR count). The van der Waals surface area contributed by atoms with Gasteiger partial charge in [0.05, 0.1) is 0 Å². The van der Waals surface area contributed by atoms with Crippen molar-refractivity contribution in [3.8, 4) is 0 Å². The van der Waals surface area contributed by atoms with Gasteiger partial charge in [0.1, 0.15) is 0 Å². The lowest BCUT2D eigenvalue weighted by molar-refractivity contribution is 0.172. The van der Waals surface area contributed by atoms with Crippen molar-refractivity contribution in [1.29, 1.82) is 0 Å². The molecule has 0 aromatic rings. The van der Waals surface area contributed by atoms with E-state index in [9.17, 15) is 0 Å². The molecule has 0 aliphatic heterocycles. The average Bonchev–Trinajstić information content (AvgIpc) is 3.09. The Labute approximate surface area is 102 Å². The number of nitrogens with zero attached hydrogens (tertiary/aromatic N) is 1. The molecule has 1 aliphatic rings. The third kappa shape index (κ3) is 4.84. The van der Waals surface area contributed by atoms with E-state index in [4.69, 9.17) is 0 Å². The Morgan fingerprint density at radius 3 is 2.38 bits per heavy atom. The van der Waals surface area contributed by atoms with Gasteiger partial charge in [0.25, 0.3) is 0 Å². The Hall–Kier alpha value is -0.0800. The Bertz CT molecular complexity index is 166. The van der Waals surface area contributed by atoms with E-state index >= 15 is 0 Å². The van der Waals surface area contributed by atoms with Crippen molar-refractivity contribution in [2.75, 3.05) is 19.6 Å². The van der Waals surface area contributed by atoms with Gasteiger partial charge in [-0.05, 0) is 45.2 Å². The van der Waals surface area contributed by atoms with Gasteiger partial charge in [0.15, 0.2) is 0 Å². The van der Waals surface area contributed by atoms with Crippen LogP contribution in [0.5, 0.6) is 0 Å². The summed E-state index contributed by atoms with van der Waals surface area (Å²) in [6.07, 6.45) is 8.08. The molecule has 1 unspecified atom stereocenters. The molecule has 0 bridgehead atoms. The van der Waals surface area contributed by atoms with E-state index in [0.717, 1.165) is 12.1 Å². The average molecular weight is 226 g/mol. The van der Waals surface area contributed by atoms with Crippen molar-refractivity contribution in [1.82, 2.24) is 10.2 Å². The van der Waals surface area contributed by atoms with Crippen molar-refractivity contribution < 1.29 is 0 Å². The van der Waals surface area contributed by atoms with Crippen LogP contribution in [0.2, 0.25) is 0 Å². The van der Waals surface area contributed by atoms with E-state index < -0.39 is 0 Å². The van der Waals surface area contributed by atoms with Crippen LogP contribution in [0.3, 0.4) is 0 Å². The topological polar surface area (TPSA) is 15.3 Å². The zero-order valence-electron chi connectivity index (χ0n) is 11.5. The molecular weight excluding hydrogens is 196 g/mol. The summed E-state index contributed by atoms with van der Waals surface area (Å²) in [5, 5.41) is 3.60. The van der Waals surface area contributed by atoms with Crippen molar-refractivity contribution in [3.63, 3.8) is 0 Å². The molecule has 2 heteroatoms. The smallest absolute Gasteiger partial charge is 0.0223 e. The summed E-state index contributed by atoms with van der Waals surface area (Å²) in [6, 6.07) is 1.70. The predicted molar refractivity (Wildman–Crippen MR) is 71.9 cm³/mol. The minimum atomic E-state index is 0.781. The summed E-state index contributed by atoms with van der Waals surface area (Å²) in [4.78, 5) is 2.77. The van der Waals surface area contributed by atoms with Crippen molar-refractivity contribution in [2.24, 2.45) is 0 Å². The number of hydrogen-bond acceptors (Lipinski definition) is 2. The summed E-state index contributed by atoms with van der Waals surface area (Å²) in [5.74, 6) is 0. The van der Waals surface area contributed by atoms with Gasteiger partial charge >= 0.3 is 0 Å². The zero-order valence-corrected chi connectivity index (χ0v) is 11.5. The van der Waals surface area contributed by atoms with Gasteiger partial charge in [-0.15, -0.1) is 0 Å². The highest BCUT2D eigenvalue weighted by Gasteiger charge is 2.32. The molecule has 0 radical (unpaired) electrons. The van der Waals surface area contributed by atoms with Gasteiger partial charge in [-0.25, -0.2) is 0 Å². The third-order valence-corrected chi connectivity index (χ3v) is 3.40. The highest BCUT2D eigenvalue weighted by molar-refractivity contribution is 4.89. The van der Waals surface area contributed by atoms with Crippen LogP contribution in [0.25, 0.3) is 0 Å². The fourth-order valence-electron chi connectivity index (χ4n) is 2.49. The Balaban J connectivity index is 2.37. The van der Waals surface area contributed by atoms with Gasteiger partial charge in [0, 0.05) is 18.6 Å². The molecule has 1 saturated carbocycles. The first kappa shape index (κ1) is 14.0. The minimum Gasteiger partial charge on any atom is -0.315 e. The number of nitrogens with one attached hydrogen (secondary N) is 1. The molecule has 0 aromatic heterocycles. The van der Waals surface area contributed by atoms with Crippen LogP contribution in [0.4, 0.5) is 0 Å². The molecule has 1 fully saturated rings. The van der Waals surface area contributed by atoms with Crippen LogP contribution < -0.4 is 5.32 Å². The molecule has 1 N–H and O–H groups in total. The fourth-order valence-corrected chi connectivity index (χ4v) is 2.49. The van der Waals surface area contributed by atoms with E-state index in [1.54, 1.807) is 0 Å². The lowest BCUT2D eigenvalue weighted by Crippen LogP contribution is -2.44. The van der Waals surface area contributed by atoms with Gasteiger partial charge in [0.2, 0.25) is 0 Å². The normalized spacial score (nSPS) is 18.0. The Morgan fingerprint density at radius 2 is 1.88 bits per heavy atom. The van der Waals surface area contributed by atoms with Crippen molar-refractivity contribution in [3.05, 3.63) is 0 Å². The largest absolute Gasteiger partial charge is 0.315 e. The Kier molecular flexibility index (Phi) is 7.06. The molecule has 0 amide bonds. The van der Waals surface area contributed by atoms with Crippen molar-refractivity contribution in [2.45, 2.75) is 71.4 Å². The quantitative estimate of drug-likeness (QED) is 0.576. The fraction of sp³-hybridized carbons (Fsp3) is 1.00. The molecule has 0 saturated heterocycles. The lowest BCUT2D eigenvalue weighted by Gasteiger charge is -2.32. The second-order valence-corrected chi connectivity index (χ2v) is 5.12. The first-order valence-corrected chi connectivity index (χ1v) is 7.29. The number of hydrogen-bond donors (Lipinski definition) is 1. The van der Waals surface area contributed by atoms with Gasteiger partial charge in [-0.1, -0.05) is 27.2 Å². The van der Waals surface area contributed by atoms with Crippen LogP contribution >= 0.6 is 0 Å². The first-order valence-electron chi connectivity index (χ1n) is 7.29. The van der Waals surface area contributed by atoms with Gasteiger partial charge < -0.3 is 5.32 Å². The predicted octanol–water partition coefficient (Wildman–Crippen LogP) is 3.03. The molecule has 16 heavy (non-hydrogen) atoms. The maximum absolute atomic E-state index is 3.60. The summed E-state index contributed by atoms with van der Waals surface area (Å²) in [5.41, 5.74) is 0. The van der Waals surface area contributed by atoms with Crippen LogP contribution in [0, 0.1) is 0 Å². The second kappa shape index (κ2) is 8.08. The minimum absolute atomic E-state index is 0.781. The van der Waals surface area contributed by atoms with E-state index in [0.29, 0.717) is 0 Å². The molecule has 1 atom stereocenters. The SMILES string of the molecule is CCCNCC(CCC)N(CCC)C1CC1. The molecule has 0 heterocycles. The van der Waals surface area contributed by atoms with Crippen LogP contribution in [0.15, 0.2) is 0 Å². The van der Waals surface area contributed by atoms with Crippen LogP contribution in [-0.2, 0) is 0 Å². The van der Waals surface area contributed by atoms with E-state index in [2.05, 4.69) is 31.0 Å². The van der Waals surface area contributed by atoms with Gasteiger partial charge in [-0.3, -0.25) is 4.90 Å². The van der Waals surface area contributed by atoms with Crippen LogP contribution in [-0.4, -0.2) is 36.6 Å². The summed E-state index contributed by atoms with van der Waals surface area (Å²) in [7, 11) is 0. The summed E-state index contributed by atoms with van der Waals surface area (Å²) >= 11 is 0. The standard InChI is InChI=1S/C14H30N2/c1-4-7-14(12-15-10-5-2)16(11-6-3)13-8-9-13/h13-15H,4-12H2,1-3H3. The number of rotatable bonds is 10. The third-order valence-electron chi connectivity index (χ3n) is 3.40. The summed E-state index contributed by atoms with van der Waals surface area (Å²) < 4.78 is 0.